The number of carbonyl (C=O) groups excluding carboxylic acids is 2. The predicted octanol–water partition coefficient (Wildman–Crippen LogP) is 3.77. The Kier molecular flexibility index (Phi) is 5.71. The van der Waals surface area contributed by atoms with E-state index in [9.17, 15) is 9.59 Å². The third-order valence-electron chi connectivity index (χ3n) is 4.85. The molecule has 0 bridgehead atoms. The number of hydrogen-bond donors (Lipinski definition) is 0. The van der Waals surface area contributed by atoms with Crippen LogP contribution in [0.4, 0.5) is 0 Å². The zero-order chi connectivity index (χ0) is 18.5. The van der Waals surface area contributed by atoms with E-state index in [0.29, 0.717) is 12.1 Å². The van der Waals surface area contributed by atoms with Crippen LogP contribution < -0.4 is 0 Å². The van der Waals surface area contributed by atoms with Crippen molar-refractivity contribution in [2.45, 2.75) is 45.3 Å². The lowest BCUT2D eigenvalue weighted by Crippen LogP contribution is -2.37. The second-order valence-electron chi connectivity index (χ2n) is 6.92. The predicted molar refractivity (Wildman–Crippen MR) is 101 cm³/mol. The van der Waals surface area contributed by atoms with Gasteiger partial charge in [0.15, 0.2) is 6.10 Å². The number of hydrogen-bond acceptors (Lipinski definition) is 3. The Labute approximate surface area is 154 Å². The molecule has 0 saturated heterocycles. The van der Waals surface area contributed by atoms with Gasteiger partial charge < -0.3 is 9.64 Å². The van der Waals surface area contributed by atoms with Crippen molar-refractivity contribution in [3.63, 3.8) is 0 Å². The van der Waals surface area contributed by atoms with Crippen molar-refractivity contribution in [1.29, 1.82) is 0 Å². The number of nitrogens with zero attached hydrogens (tertiary/aromatic N) is 1. The van der Waals surface area contributed by atoms with E-state index in [4.69, 9.17) is 4.74 Å². The smallest absolute Gasteiger partial charge is 0.338 e. The minimum Gasteiger partial charge on any atom is -0.449 e. The van der Waals surface area contributed by atoms with Gasteiger partial charge in [-0.15, -0.1) is 0 Å². The molecular weight excluding hydrogens is 326 g/mol. The number of amides is 1. The van der Waals surface area contributed by atoms with Crippen LogP contribution in [0, 0.1) is 0 Å². The maximum absolute atomic E-state index is 12.5. The summed E-state index contributed by atoms with van der Waals surface area (Å²) in [6.07, 6.45) is 3.63. The molecule has 0 spiro atoms. The fraction of sp³-hybridized carbons (Fsp3) is 0.364. The van der Waals surface area contributed by atoms with E-state index in [1.807, 2.05) is 42.5 Å². The van der Waals surface area contributed by atoms with E-state index in [0.717, 1.165) is 24.8 Å². The summed E-state index contributed by atoms with van der Waals surface area (Å²) in [5.41, 5.74) is 4.11. The summed E-state index contributed by atoms with van der Waals surface area (Å²) in [6.45, 7) is 2.11. The van der Waals surface area contributed by atoms with E-state index < -0.39 is 12.1 Å². The summed E-state index contributed by atoms with van der Waals surface area (Å²) in [4.78, 5) is 26.5. The molecule has 4 heteroatoms. The van der Waals surface area contributed by atoms with Gasteiger partial charge in [-0.3, -0.25) is 4.79 Å². The number of fused-ring (bicyclic) bond motifs is 1. The summed E-state index contributed by atoms with van der Waals surface area (Å²) in [7, 11) is 1.72. The summed E-state index contributed by atoms with van der Waals surface area (Å²) >= 11 is 0. The van der Waals surface area contributed by atoms with E-state index >= 15 is 0 Å². The summed E-state index contributed by atoms with van der Waals surface area (Å²) in [5.74, 6) is -0.646. The Hall–Kier alpha value is -2.62. The lowest BCUT2D eigenvalue weighted by atomic mass is 9.90. The number of aryl methyl sites for hydroxylation is 2. The van der Waals surface area contributed by atoms with Gasteiger partial charge in [0.05, 0.1) is 5.56 Å². The van der Waals surface area contributed by atoms with E-state index in [1.165, 1.54) is 17.5 Å². The lowest BCUT2D eigenvalue weighted by Gasteiger charge is -2.22. The van der Waals surface area contributed by atoms with Gasteiger partial charge >= 0.3 is 5.97 Å². The molecule has 1 aliphatic carbocycles. The second-order valence-corrected chi connectivity index (χ2v) is 6.92. The molecule has 3 rings (SSSR count). The monoisotopic (exact) mass is 351 g/mol. The van der Waals surface area contributed by atoms with Crippen molar-refractivity contribution in [1.82, 2.24) is 4.90 Å². The van der Waals surface area contributed by atoms with Crippen LogP contribution in [0.5, 0.6) is 0 Å². The van der Waals surface area contributed by atoms with E-state index in [1.54, 1.807) is 24.9 Å². The van der Waals surface area contributed by atoms with Crippen LogP contribution in [0.1, 0.15) is 46.8 Å². The van der Waals surface area contributed by atoms with Crippen LogP contribution in [-0.2, 0) is 28.9 Å². The van der Waals surface area contributed by atoms with Crippen LogP contribution in [0.3, 0.4) is 0 Å². The summed E-state index contributed by atoms with van der Waals surface area (Å²) < 4.78 is 5.42. The number of rotatable bonds is 5. The fourth-order valence-electron chi connectivity index (χ4n) is 3.38. The average molecular weight is 351 g/mol. The van der Waals surface area contributed by atoms with Gasteiger partial charge in [0, 0.05) is 13.6 Å². The molecule has 0 saturated carbocycles. The number of ether oxygens (including phenoxy) is 1. The van der Waals surface area contributed by atoms with Crippen molar-refractivity contribution < 1.29 is 14.3 Å². The number of carbonyl (C=O) groups is 2. The van der Waals surface area contributed by atoms with Crippen molar-refractivity contribution in [3.05, 3.63) is 70.8 Å². The standard InChI is InChI=1S/C22H25NO3/c1-16(21(24)23(2)15-17-8-4-3-5-9-17)26-22(25)20-13-12-18-10-6-7-11-19(18)14-20/h3-5,8-9,12-14,16H,6-7,10-11,15H2,1-2H3. The lowest BCUT2D eigenvalue weighted by molar-refractivity contribution is -0.139. The average Bonchev–Trinajstić information content (AvgIpc) is 2.67. The van der Waals surface area contributed by atoms with Crippen LogP contribution in [-0.4, -0.2) is 29.9 Å². The molecule has 1 aliphatic rings. The van der Waals surface area contributed by atoms with Gasteiger partial charge in [-0.05, 0) is 61.4 Å². The van der Waals surface area contributed by atoms with Crippen molar-refractivity contribution in [2.75, 3.05) is 7.05 Å². The van der Waals surface area contributed by atoms with Crippen LogP contribution in [0.25, 0.3) is 0 Å². The molecular formula is C22H25NO3. The first kappa shape index (κ1) is 18.2. The van der Waals surface area contributed by atoms with Crippen molar-refractivity contribution in [3.8, 4) is 0 Å². The van der Waals surface area contributed by atoms with Gasteiger partial charge in [0.25, 0.3) is 5.91 Å². The van der Waals surface area contributed by atoms with Crippen LogP contribution >= 0.6 is 0 Å². The zero-order valence-electron chi connectivity index (χ0n) is 15.4. The molecule has 4 nitrogen and oxygen atoms in total. The first-order valence-corrected chi connectivity index (χ1v) is 9.16. The van der Waals surface area contributed by atoms with Crippen LogP contribution in [0.15, 0.2) is 48.5 Å². The number of likely N-dealkylation sites (N-methyl/N-ethyl adjacent to an activating group) is 1. The Morgan fingerprint density at radius 2 is 1.73 bits per heavy atom. The molecule has 136 valence electrons. The Morgan fingerprint density at radius 3 is 2.46 bits per heavy atom. The highest BCUT2D eigenvalue weighted by atomic mass is 16.5. The zero-order valence-corrected chi connectivity index (χ0v) is 15.4. The molecule has 1 amide bonds. The quantitative estimate of drug-likeness (QED) is 0.771. The minimum atomic E-state index is -0.813. The largest absolute Gasteiger partial charge is 0.449 e. The molecule has 2 aromatic rings. The fourth-order valence-corrected chi connectivity index (χ4v) is 3.38. The molecule has 0 fully saturated rings. The highest BCUT2D eigenvalue weighted by Gasteiger charge is 2.23. The third-order valence-corrected chi connectivity index (χ3v) is 4.85. The third kappa shape index (κ3) is 4.31. The first-order chi connectivity index (χ1) is 12.5. The first-order valence-electron chi connectivity index (χ1n) is 9.16. The van der Waals surface area contributed by atoms with Crippen LogP contribution in [0.2, 0.25) is 0 Å². The Morgan fingerprint density at radius 1 is 1.04 bits per heavy atom. The molecule has 1 atom stereocenters. The number of benzene rings is 2. The van der Waals surface area contributed by atoms with Crippen molar-refractivity contribution in [2.24, 2.45) is 0 Å². The molecule has 0 aliphatic heterocycles. The maximum Gasteiger partial charge on any atom is 0.338 e. The number of esters is 1. The molecule has 2 aromatic carbocycles. The highest BCUT2D eigenvalue weighted by Crippen LogP contribution is 2.22. The topological polar surface area (TPSA) is 46.6 Å². The molecule has 0 radical (unpaired) electrons. The normalized spacial score (nSPS) is 14.2. The minimum absolute atomic E-state index is 0.208. The Bertz CT molecular complexity index is 785. The summed E-state index contributed by atoms with van der Waals surface area (Å²) in [6, 6.07) is 15.5. The van der Waals surface area contributed by atoms with Crippen molar-refractivity contribution >= 4 is 11.9 Å². The highest BCUT2D eigenvalue weighted by molar-refractivity contribution is 5.92. The van der Waals surface area contributed by atoms with Gasteiger partial charge in [-0.25, -0.2) is 4.79 Å². The summed E-state index contributed by atoms with van der Waals surface area (Å²) in [5, 5.41) is 0. The van der Waals surface area contributed by atoms with E-state index in [2.05, 4.69) is 0 Å². The van der Waals surface area contributed by atoms with Gasteiger partial charge in [-0.1, -0.05) is 36.4 Å². The molecule has 26 heavy (non-hydrogen) atoms. The maximum atomic E-state index is 12.5. The molecule has 0 aromatic heterocycles. The molecule has 0 N–H and O–H groups in total. The molecule has 0 heterocycles. The Balaban J connectivity index is 1.60. The molecule has 1 unspecified atom stereocenters. The SMILES string of the molecule is CC(OC(=O)c1ccc2c(c1)CCCC2)C(=O)N(C)Cc1ccccc1. The van der Waals surface area contributed by atoms with Gasteiger partial charge in [0.1, 0.15) is 0 Å². The van der Waals surface area contributed by atoms with Gasteiger partial charge in [-0.2, -0.15) is 0 Å². The second kappa shape index (κ2) is 8.17. The van der Waals surface area contributed by atoms with Gasteiger partial charge in [0.2, 0.25) is 0 Å². The van der Waals surface area contributed by atoms with E-state index in [-0.39, 0.29) is 5.91 Å².